The van der Waals surface area contributed by atoms with Crippen molar-refractivity contribution in [1.29, 1.82) is 0 Å². The average molecular weight is 292 g/mol. The Morgan fingerprint density at radius 1 is 0.636 bits per heavy atom. The lowest BCUT2D eigenvalue weighted by Gasteiger charge is -2.15. The summed E-state index contributed by atoms with van der Waals surface area (Å²) in [5, 5.41) is 2.04. The maximum atomic E-state index is 6.28. The van der Waals surface area contributed by atoms with Crippen molar-refractivity contribution in [2.45, 2.75) is 12.1 Å². The van der Waals surface area contributed by atoms with E-state index in [0.717, 1.165) is 21.9 Å². The summed E-state index contributed by atoms with van der Waals surface area (Å²) in [4.78, 5) is 0. The van der Waals surface area contributed by atoms with E-state index in [1.54, 1.807) is 0 Å². The Morgan fingerprint density at radius 3 is 1.45 bits per heavy atom. The maximum absolute atomic E-state index is 6.28. The van der Waals surface area contributed by atoms with Crippen molar-refractivity contribution in [2.75, 3.05) is 0 Å². The molecule has 2 unspecified atom stereocenters. The first-order valence-electron chi connectivity index (χ1n) is 7.20. The molecule has 0 saturated carbocycles. The molecule has 4 nitrogen and oxygen atoms in total. The fourth-order valence-corrected chi connectivity index (χ4v) is 2.69. The number of para-hydroxylation sites is 2. The van der Waals surface area contributed by atoms with Crippen molar-refractivity contribution >= 4 is 21.9 Å². The van der Waals surface area contributed by atoms with Crippen molar-refractivity contribution in [3.05, 3.63) is 72.2 Å². The molecule has 2 aromatic heterocycles. The van der Waals surface area contributed by atoms with E-state index >= 15 is 0 Å². The summed E-state index contributed by atoms with van der Waals surface area (Å²) >= 11 is 0. The Hall–Kier alpha value is -2.56. The van der Waals surface area contributed by atoms with E-state index in [0.29, 0.717) is 11.5 Å². The molecule has 0 saturated heterocycles. The molecular weight excluding hydrogens is 276 g/mol. The Morgan fingerprint density at radius 2 is 1.05 bits per heavy atom. The second-order valence-electron chi connectivity index (χ2n) is 5.42. The van der Waals surface area contributed by atoms with Gasteiger partial charge < -0.3 is 20.3 Å². The van der Waals surface area contributed by atoms with Crippen molar-refractivity contribution in [2.24, 2.45) is 11.5 Å². The summed E-state index contributed by atoms with van der Waals surface area (Å²) in [5.41, 5.74) is 14.2. The second-order valence-corrected chi connectivity index (χ2v) is 5.42. The highest BCUT2D eigenvalue weighted by molar-refractivity contribution is 5.78. The number of hydrogen-bond acceptors (Lipinski definition) is 4. The van der Waals surface area contributed by atoms with Gasteiger partial charge in [-0.25, -0.2) is 0 Å². The van der Waals surface area contributed by atoms with Crippen molar-refractivity contribution in [3.8, 4) is 0 Å². The predicted molar refractivity (Wildman–Crippen MR) is 86.3 cm³/mol. The van der Waals surface area contributed by atoms with Crippen LogP contribution in [-0.2, 0) is 0 Å². The number of benzene rings is 2. The Labute approximate surface area is 127 Å². The molecule has 2 aromatic carbocycles. The van der Waals surface area contributed by atoms with Crippen LogP contribution in [0.2, 0.25) is 0 Å². The summed E-state index contributed by atoms with van der Waals surface area (Å²) in [7, 11) is 0. The molecule has 4 N–H and O–H groups in total. The van der Waals surface area contributed by atoms with Gasteiger partial charge in [0.2, 0.25) is 0 Å². The quantitative estimate of drug-likeness (QED) is 0.600. The van der Waals surface area contributed by atoms with E-state index in [1.807, 2.05) is 60.7 Å². The highest BCUT2D eigenvalue weighted by Crippen LogP contribution is 2.32. The molecule has 0 aliphatic heterocycles. The average Bonchev–Trinajstić information content (AvgIpc) is 3.16. The van der Waals surface area contributed by atoms with Gasteiger partial charge in [0.15, 0.2) is 0 Å². The largest absolute Gasteiger partial charge is 0.459 e. The van der Waals surface area contributed by atoms with Gasteiger partial charge >= 0.3 is 0 Å². The van der Waals surface area contributed by atoms with Crippen LogP contribution in [-0.4, -0.2) is 0 Å². The van der Waals surface area contributed by atoms with Gasteiger partial charge in [0.05, 0.1) is 12.1 Å². The number of nitrogens with two attached hydrogens (primary N) is 2. The van der Waals surface area contributed by atoms with Gasteiger partial charge in [-0.15, -0.1) is 0 Å². The molecule has 4 aromatic rings. The third-order valence-electron chi connectivity index (χ3n) is 3.93. The number of fused-ring (bicyclic) bond motifs is 2. The molecule has 0 aliphatic carbocycles. The lowest BCUT2D eigenvalue weighted by molar-refractivity contribution is 0.400. The molecule has 0 aliphatic rings. The Bertz CT molecular complexity index is 794. The first-order chi connectivity index (χ1) is 10.7. The molecule has 110 valence electrons. The minimum Gasteiger partial charge on any atom is -0.459 e. The molecule has 0 radical (unpaired) electrons. The fourth-order valence-electron chi connectivity index (χ4n) is 2.69. The number of furan rings is 2. The summed E-state index contributed by atoms with van der Waals surface area (Å²) in [6.45, 7) is 0. The molecule has 4 heteroatoms. The summed E-state index contributed by atoms with van der Waals surface area (Å²) in [5.74, 6) is 1.32. The minimum atomic E-state index is -0.465. The van der Waals surface area contributed by atoms with Crippen LogP contribution in [0, 0.1) is 0 Å². The molecule has 0 fully saturated rings. The lowest BCUT2D eigenvalue weighted by atomic mass is 10.0. The van der Waals surface area contributed by atoms with Crippen LogP contribution < -0.4 is 11.5 Å². The first kappa shape index (κ1) is 13.1. The minimum absolute atomic E-state index is 0.465. The fraction of sp³-hybridized carbons (Fsp3) is 0.111. The highest BCUT2D eigenvalue weighted by Gasteiger charge is 2.24. The zero-order chi connectivity index (χ0) is 15.1. The van der Waals surface area contributed by atoms with Crippen LogP contribution >= 0.6 is 0 Å². The van der Waals surface area contributed by atoms with Gasteiger partial charge in [-0.1, -0.05) is 36.4 Å². The summed E-state index contributed by atoms with van der Waals surface area (Å²) in [6, 6.07) is 18.5. The zero-order valence-electron chi connectivity index (χ0n) is 11.9. The molecule has 0 bridgehead atoms. The van der Waals surface area contributed by atoms with E-state index in [4.69, 9.17) is 20.3 Å². The Kier molecular flexibility index (Phi) is 2.99. The SMILES string of the molecule is NC(c1cc2ccccc2o1)C(N)c1cc2ccccc2o1. The summed E-state index contributed by atoms with van der Waals surface area (Å²) < 4.78 is 11.6. The van der Waals surface area contributed by atoms with Gasteiger partial charge in [-0.2, -0.15) is 0 Å². The number of hydrogen-bond donors (Lipinski definition) is 2. The van der Waals surface area contributed by atoms with Gasteiger partial charge in [0.1, 0.15) is 22.7 Å². The van der Waals surface area contributed by atoms with Crippen LogP contribution in [0.15, 0.2) is 69.5 Å². The smallest absolute Gasteiger partial charge is 0.134 e. The number of rotatable bonds is 3. The zero-order valence-corrected chi connectivity index (χ0v) is 11.9. The molecule has 22 heavy (non-hydrogen) atoms. The van der Waals surface area contributed by atoms with Crippen molar-refractivity contribution in [1.82, 2.24) is 0 Å². The second kappa shape index (κ2) is 5.02. The standard InChI is InChI=1S/C18H16N2O2/c19-17(15-9-11-5-1-3-7-13(11)21-15)18(20)16-10-12-6-2-4-8-14(12)22-16/h1-10,17-18H,19-20H2. The van der Waals surface area contributed by atoms with E-state index in [1.165, 1.54) is 0 Å². The van der Waals surface area contributed by atoms with Gasteiger partial charge in [0.25, 0.3) is 0 Å². The van der Waals surface area contributed by atoms with E-state index < -0.39 is 12.1 Å². The Balaban J connectivity index is 1.70. The van der Waals surface area contributed by atoms with Gasteiger partial charge in [-0.3, -0.25) is 0 Å². The van der Waals surface area contributed by atoms with E-state index in [-0.39, 0.29) is 0 Å². The van der Waals surface area contributed by atoms with Crippen molar-refractivity contribution < 1.29 is 8.83 Å². The predicted octanol–water partition coefficient (Wildman–Crippen LogP) is 3.88. The van der Waals surface area contributed by atoms with E-state index in [2.05, 4.69) is 0 Å². The third kappa shape index (κ3) is 2.09. The molecule has 2 heterocycles. The van der Waals surface area contributed by atoms with Crippen LogP contribution in [0.4, 0.5) is 0 Å². The van der Waals surface area contributed by atoms with Crippen LogP contribution in [0.3, 0.4) is 0 Å². The third-order valence-corrected chi connectivity index (χ3v) is 3.93. The molecule has 4 rings (SSSR count). The molecular formula is C18H16N2O2. The van der Waals surface area contributed by atoms with Crippen LogP contribution in [0.5, 0.6) is 0 Å². The molecule has 0 amide bonds. The molecule has 2 atom stereocenters. The van der Waals surface area contributed by atoms with Gasteiger partial charge in [-0.05, 0) is 24.3 Å². The van der Waals surface area contributed by atoms with E-state index in [9.17, 15) is 0 Å². The van der Waals surface area contributed by atoms with Crippen molar-refractivity contribution in [3.63, 3.8) is 0 Å². The van der Waals surface area contributed by atoms with Crippen LogP contribution in [0.1, 0.15) is 23.6 Å². The normalized spacial score (nSPS) is 14.5. The summed E-state index contributed by atoms with van der Waals surface area (Å²) in [6.07, 6.45) is 0. The topological polar surface area (TPSA) is 78.3 Å². The monoisotopic (exact) mass is 292 g/mol. The lowest BCUT2D eigenvalue weighted by Crippen LogP contribution is -2.25. The van der Waals surface area contributed by atoms with Gasteiger partial charge in [0, 0.05) is 10.8 Å². The highest BCUT2D eigenvalue weighted by atomic mass is 16.3. The first-order valence-corrected chi connectivity index (χ1v) is 7.20. The maximum Gasteiger partial charge on any atom is 0.134 e. The van der Waals surface area contributed by atoms with Crippen LogP contribution in [0.25, 0.3) is 21.9 Å². The molecule has 0 spiro atoms.